The fourth-order valence-electron chi connectivity index (χ4n) is 1.32. The summed E-state index contributed by atoms with van der Waals surface area (Å²) in [5.74, 6) is 0.114. The van der Waals surface area contributed by atoms with Gasteiger partial charge in [0, 0.05) is 0 Å². The maximum atomic E-state index is 10.9. The Morgan fingerprint density at radius 1 is 1.47 bits per heavy atom. The summed E-state index contributed by atoms with van der Waals surface area (Å²) < 4.78 is 10.6. The molecule has 1 heterocycles. The first kappa shape index (κ1) is 9.58. The van der Waals surface area contributed by atoms with Crippen molar-refractivity contribution in [3.8, 4) is 5.75 Å². The van der Waals surface area contributed by atoms with Gasteiger partial charge in [-0.2, -0.15) is 0 Å². The summed E-state index contributed by atoms with van der Waals surface area (Å²) in [5.41, 5.74) is 5.84. The van der Waals surface area contributed by atoms with Gasteiger partial charge in [0.1, 0.15) is 11.3 Å². The van der Waals surface area contributed by atoms with Crippen LogP contribution in [0.1, 0.15) is 6.92 Å². The monoisotopic (exact) mass is 205 g/mol. The molecular weight excluding hydrogens is 194 g/mol. The van der Waals surface area contributed by atoms with E-state index in [-0.39, 0.29) is 0 Å². The fourth-order valence-corrected chi connectivity index (χ4v) is 1.32. The van der Waals surface area contributed by atoms with Crippen molar-refractivity contribution in [1.82, 2.24) is 0 Å². The summed E-state index contributed by atoms with van der Waals surface area (Å²) in [6.45, 7) is 1.61. The van der Waals surface area contributed by atoms with E-state index in [0.29, 0.717) is 5.75 Å². The minimum Gasteiger partial charge on any atom is -0.480 e. The lowest BCUT2D eigenvalue weighted by Gasteiger charge is -2.11. The number of primary amides is 1. The Labute approximate surface area is 86.6 Å². The Balaban J connectivity index is 2.35. The molecule has 0 aliphatic heterocycles. The lowest BCUT2D eigenvalue weighted by Crippen LogP contribution is -2.30. The van der Waals surface area contributed by atoms with Gasteiger partial charge in [-0.25, -0.2) is 0 Å². The second kappa shape index (κ2) is 3.65. The van der Waals surface area contributed by atoms with Crippen molar-refractivity contribution < 1.29 is 13.9 Å². The lowest BCUT2D eigenvalue weighted by molar-refractivity contribution is -0.123. The molecule has 2 N–H and O–H groups in total. The van der Waals surface area contributed by atoms with E-state index in [2.05, 4.69) is 0 Å². The summed E-state index contributed by atoms with van der Waals surface area (Å²) in [6, 6.07) is 7.20. The van der Waals surface area contributed by atoms with E-state index >= 15 is 0 Å². The highest BCUT2D eigenvalue weighted by atomic mass is 16.5. The number of nitrogens with two attached hydrogens (primary N) is 1. The molecule has 4 nitrogen and oxygen atoms in total. The number of hydrogen-bond acceptors (Lipinski definition) is 3. The Morgan fingerprint density at radius 2 is 2.27 bits per heavy atom. The third-order valence-corrected chi connectivity index (χ3v) is 2.16. The number of ether oxygens (including phenoxy) is 1. The molecule has 15 heavy (non-hydrogen) atoms. The fraction of sp³-hybridized carbons (Fsp3) is 0.182. The Kier molecular flexibility index (Phi) is 2.33. The van der Waals surface area contributed by atoms with Gasteiger partial charge in [0.05, 0.1) is 11.6 Å². The van der Waals surface area contributed by atoms with Gasteiger partial charge in [-0.1, -0.05) is 6.07 Å². The molecule has 2 aromatic rings. The van der Waals surface area contributed by atoms with E-state index in [0.717, 1.165) is 11.0 Å². The minimum absolute atomic E-state index is 0.490. The molecule has 0 aliphatic rings. The zero-order valence-electron chi connectivity index (χ0n) is 8.27. The number of carbonyl (C=O) groups excluding carboxylic acids is 1. The lowest BCUT2D eigenvalue weighted by atomic mass is 10.2. The SMILES string of the molecule is CC(Oc1cccc2occc12)C(N)=O. The van der Waals surface area contributed by atoms with E-state index in [1.54, 1.807) is 31.4 Å². The summed E-state index contributed by atoms with van der Waals surface area (Å²) in [7, 11) is 0. The van der Waals surface area contributed by atoms with Gasteiger partial charge in [0.2, 0.25) is 0 Å². The van der Waals surface area contributed by atoms with E-state index in [1.807, 2.05) is 6.07 Å². The number of carbonyl (C=O) groups is 1. The molecule has 0 aliphatic carbocycles. The zero-order chi connectivity index (χ0) is 10.8. The summed E-state index contributed by atoms with van der Waals surface area (Å²) in [5, 5.41) is 0.839. The first-order valence-electron chi connectivity index (χ1n) is 4.60. The van der Waals surface area contributed by atoms with Gasteiger partial charge in [-0.05, 0) is 25.1 Å². The molecule has 0 radical (unpaired) electrons. The van der Waals surface area contributed by atoms with Crippen LogP contribution in [0.15, 0.2) is 34.9 Å². The van der Waals surface area contributed by atoms with Gasteiger partial charge in [-0.15, -0.1) is 0 Å². The predicted molar refractivity (Wildman–Crippen MR) is 55.5 cm³/mol. The van der Waals surface area contributed by atoms with Crippen LogP contribution in [-0.4, -0.2) is 12.0 Å². The molecule has 1 unspecified atom stereocenters. The highest BCUT2D eigenvalue weighted by Gasteiger charge is 2.12. The number of amides is 1. The topological polar surface area (TPSA) is 65.5 Å². The first-order valence-corrected chi connectivity index (χ1v) is 4.60. The third-order valence-electron chi connectivity index (χ3n) is 2.16. The van der Waals surface area contributed by atoms with E-state index in [1.165, 1.54) is 0 Å². The molecule has 0 spiro atoms. The molecule has 1 amide bonds. The third kappa shape index (κ3) is 1.79. The van der Waals surface area contributed by atoms with Crippen LogP contribution in [0.25, 0.3) is 11.0 Å². The van der Waals surface area contributed by atoms with Gasteiger partial charge >= 0.3 is 0 Å². The normalized spacial score (nSPS) is 12.6. The second-order valence-corrected chi connectivity index (χ2v) is 3.25. The maximum absolute atomic E-state index is 10.9. The van der Waals surface area contributed by atoms with E-state index in [9.17, 15) is 4.79 Å². The van der Waals surface area contributed by atoms with Crippen LogP contribution < -0.4 is 10.5 Å². The molecule has 2 rings (SSSR count). The molecule has 4 heteroatoms. The molecule has 0 bridgehead atoms. The summed E-state index contributed by atoms with van der Waals surface area (Å²) in [4.78, 5) is 10.9. The van der Waals surface area contributed by atoms with Gasteiger partial charge < -0.3 is 14.9 Å². The molecule has 1 aromatic carbocycles. The quantitative estimate of drug-likeness (QED) is 0.829. The van der Waals surface area contributed by atoms with Crippen molar-refractivity contribution in [1.29, 1.82) is 0 Å². The average molecular weight is 205 g/mol. The van der Waals surface area contributed by atoms with Crippen LogP contribution in [0, 0.1) is 0 Å². The number of benzene rings is 1. The van der Waals surface area contributed by atoms with E-state index in [4.69, 9.17) is 14.9 Å². The Bertz CT molecular complexity index is 489. The molecule has 0 fully saturated rings. The maximum Gasteiger partial charge on any atom is 0.258 e. The van der Waals surface area contributed by atoms with Crippen molar-refractivity contribution >= 4 is 16.9 Å². The molecule has 1 aromatic heterocycles. The van der Waals surface area contributed by atoms with Crippen LogP contribution in [0.4, 0.5) is 0 Å². The minimum atomic E-state index is -0.648. The Morgan fingerprint density at radius 3 is 3.00 bits per heavy atom. The molecule has 78 valence electrons. The van der Waals surface area contributed by atoms with Crippen molar-refractivity contribution in [3.63, 3.8) is 0 Å². The number of rotatable bonds is 3. The standard InChI is InChI=1S/C11H11NO3/c1-7(11(12)13)15-10-4-2-3-9-8(10)5-6-14-9/h2-7H,1H3,(H2,12,13). The van der Waals surface area contributed by atoms with Crippen LogP contribution in [-0.2, 0) is 4.79 Å². The highest BCUT2D eigenvalue weighted by molar-refractivity contribution is 5.85. The zero-order valence-corrected chi connectivity index (χ0v) is 8.27. The van der Waals surface area contributed by atoms with Crippen molar-refractivity contribution in [2.75, 3.05) is 0 Å². The van der Waals surface area contributed by atoms with Crippen molar-refractivity contribution in [2.24, 2.45) is 5.73 Å². The summed E-state index contributed by atoms with van der Waals surface area (Å²) in [6.07, 6.45) is 0.928. The van der Waals surface area contributed by atoms with E-state index < -0.39 is 12.0 Å². The summed E-state index contributed by atoms with van der Waals surface area (Å²) >= 11 is 0. The van der Waals surface area contributed by atoms with Gasteiger partial charge in [0.25, 0.3) is 5.91 Å². The van der Waals surface area contributed by atoms with Gasteiger partial charge in [0.15, 0.2) is 6.10 Å². The average Bonchev–Trinajstić information content (AvgIpc) is 2.66. The first-order chi connectivity index (χ1) is 7.18. The van der Waals surface area contributed by atoms with Crippen molar-refractivity contribution in [3.05, 3.63) is 30.5 Å². The van der Waals surface area contributed by atoms with Crippen LogP contribution in [0.3, 0.4) is 0 Å². The van der Waals surface area contributed by atoms with Crippen LogP contribution >= 0.6 is 0 Å². The molecule has 0 saturated heterocycles. The largest absolute Gasteiger partial charge is 0.480 e. The van der Waals surface area contributed by atoms with Crippen molar-refractivity contribution in [2.45, 2.75) is 13.0 Å². The van der Waals surface area contributed by atoms with Crippen LogP contribution in [0.2, 0.25) is 0 Å². The molecule has 0 saturated carbocycles. The van der Waals surface area contributed by atoms with Gasteiger partial charge in [-0.3, -0.25) is 4.79 Å². The second-order valence-electron chi connectivity index (χ2n) is 3.25. The van der Waals surface area contributed by atoms with Crippen LogP contribution in [0.5, 0.6) is 5.75 Å². The smallest absolute Gasteiger partial charge is 0.258 e. The predicted octanol–water partition coefficient (Wildman–Crippen LogP) is 1.69. The number of fused-ring (bicyclic) bond motifs is 1. The molecular formula is C11H11NO3. The highest BCUT2D eigenvalue weighted by Crippen LogP contribution is 2.26. The molecule has 1 atom stereocenters. The number of furan rings is 1. The number of hydrogen-bond donors (Lipinski definition) is 1. The Hall–Kier alpha value is -1.97.